The van der Waals surface area contributed by atoms with Gasteiger partial charge in [-0.25, -0.2) is 0 Å². The molecule has 1 nitrogen and oxygen atoms in total. The second-order valence-electron chi connectivity index (χ2n) is 4.74. The van der Waals surface area contributed by atoms with E-state index < -0.39 is 0 Å². The highest BCUT2D eigenvalue weighted by Crippen LogP contribution is 2.29. The van der Waals surface area contributed by atoms with Crippen molar-refractivity contribution in [3.63, 3.8) is 0 Å². The van der Waals surface area contributed by atoms with Gasteiger partial charge in [-0.05, 0) is 48.4 Å². The largest absolute Gasteiger partial charge is 0.310 e. The van der Waals surface area contributed by atoms with Crippen molar-refractivity contribution in [2.24, 2.45) is 0 Å². The Morgan fingerprint density at radius 3 is 2.05 bits per heavy atom. The molecule has 0 aliphatic heterocycles. The molecule has 1 unspecified atom stereocenters. The standard InChI is InChI=1S/C16H15Cl4N/c1-2-21-16(11-4-6-13(18)15(20)9-11)8-10-3-5-12(17)14(19)7-10/h3-7,9,16,21H,2,8H2,1H3. The lowest BCUT2D eigenvalue weighted by atomic mass is 9.99. The van der Waals surface area contributed by atoms with Crippen LogP contribution in [0.3, 0.4) is 0 Å². The second kappa shape index (κ2) is 7.71. The van der Waals surface area contributed by atoms with Crippen molar-refractivity contribution in [1.82, 2.24) is 5.32 Å². The maximum Gasteiger partial charge on any atom is 0.0595 e. The van der Waals surface area contributed by atoms with E-state index in [9.17, 15) is 0 Å². The van der Waals surface area contributed by atoms with Crippen LogP contribution in [0.4, 0.5) is 0 Å². The molecule has 1 N–H and O–H groups in total. The minimum absolute atomic E-state index is 0.141. The predicted octanol–water partition coefficient (Wildman–Crippen LogP) is 6.19. The van der Waals surface area contributed by atoms with Crippen LogP contribution < -0.4 is 5.32 Å². The van der Waals surface area contributed by atoms with Gasteiger partial charge in [-0.1, -0.05) is 65.5 Å². The molecule has 0 aliphatic carbocycles. The smallest absolute Gasteiger partial charge is 0.0595 e. The van der Waals surface area contributed by atoms with Gasteiger partial charge in [0.05, 0.1) is 20.1 Å². The van der Waals surface area contributed by atoms with Gasteiger partial charge in [0.2, 0.25) is 0 Å². The summed E-state index contributed by atoms with van der Waals surface area (Å²) in [6.45, 7) is 2.92. The van der Waals surface area contributed by atoms with E-state index in [-0.39, 0.29) is 6.04 Å². The highest BCUT2D eigenvalue weighted by Gasteiger charge is 2.13. The minimum atomic E-state index is 0.141. The summed E-state index contributed by atoms with van der Waals surface area (Å²) >= 11 is 24.1. The van der Waals surface area contributed by atoms with Gasteiger partial charge >= 0.3 is 0 Å². The Labute approximate surface area is 145 Å². The Morgan fingerprint density at radius 2 is 1.48 bits per heavy atom. The maximum absolute atomic E-state index is 6.11. The average Bonchev–Trinajstić information content (AvgIpc) is 2.45. The summed E-state index contributed by atoms with van der Waals surface area (Å²) in [6, 6.07) is 11.5. The molecule has 0 saturated carbocycles. The van der Waals surface area contributed by atoms with Gasteiger partial charge in [0, 0.05) is 6.04 Å². The van der Waals surface area contributed by atoms with Crippen molar-refractivity contribution in [2.45, 2.75) is 19.4 Å². The van der Waals surface area contributed by atoms with E-state index in [1.165, 1.54) is 0 Å². The second-order valence-corrected chi connectivity index (χ2v) is 6.37. The van der Waals surface area contributed by atoms with Crippen molar-refractivity contribution in [3.8, 4) is 0 Å². The quantitative estimate of drug-likeness (QED) is 0.668. The number of benzene rings is 2. The lowest BCUT2D eigenvalue weighted by Crippen LogP contribution is -2.23. The molecule has 0 radical (unpaired) electrons. The van der Waals surface area contributed by atoms with Crippen LogP contribution in [0.15, 0.2) is 36.4 Å². The van der Waals surface area contributed by atoms with E-state index in [0.717, 1.165) is 24.1 Å². The number of hydrogen-bond acceptors (Lipinski definition) is 1. The molecule has 21 heavy (non-hydrogen) atoms. The average molecular weight is 363 g/mol. The normalized spacial score (nSPS) is 12.4. The Kier molecular flexibility index (Phi) is 6.21. The van der Waals surface area contributed by atoms with Crippen molar-refractivity contribution in [2.75, 3.05) is 6.54 Å². The van der Waals surface area contributed by atoms with Crippen LogP contribution in [0.1, 0.15) is 24.1 Å². The zero-order valence-corrected chi connectivity index (χ0v) is 14.5. The third kappa shape index (κ3) is 4.51. The van der Waals surface area contributed by atoms with E-state index in [1.807, 2.05) is 36.4 Å². The number of likely N-dealkylation sites (N-methyl/N-ethyl adjacent to an activating group) is 1. The zero-order chi connectivity index (χ0) is 15.4. The lowest BCUT2D eigenvalue weighted by Gasteiger charge is -2.19. The van der Waals surface area contributed by atoms with Crippen LogP contribution in [-0.2, 0) is 6.42 Å². The third-order valence-electron chi connectivity index (χ3n) is 3.22. The summed E-state index contributed by atoms with van der Waals surface area (Å²) in [5.41, 5.74) is 2.21. The molecule has 5 heteroatoms. The van der Waals surface area contributed by atoms with Gasteiger partial charge in [-0.2, -0.15) is 0 Å². The van der Waals surface area contributed by atoms with Crippen LogP contribution in [0.25, 0.3) is 0 Å². The van der Waals surface area contributed by atoms with Crippen molar-refractivity contribution in [1.29, 1.82) is 0 Å². The molecule has 0 aromatic heterocycles. The van der Waals surface area contributed by atoms with Crippen LogP contribution in [0.2, 0.25) is 20.1 Å². The Balaban J connectivity index is 2.25. The highest BCUT2D eigenvalue weighted by molar-refractivity contribution is 6.42. The SMILES string of the molecule is CCNC(Cc1ccc(Cl)c(Cl)c1)c1ccc(Cl)c(Cl)c1. The van der Waals surface area contributed by atoms with Gasteiger partial charge < -0.3 is 5.32 Å². The van der Waals surface area contributed by atoms with E-state index in [4.69, 9.17) is 46.4 Å². The van der Waals surface area contributed by atoms with Gasteiger partial charge in [-0.3, -0.25) is 0 Å². The summed E-state index contributed by atoms with van der Waals surface area (Å²) in [7, 11) is 0. The first-order valence-corrected chi connectivity index (χ1v) is 8.14. The number of rotatable bonds is 5. The molecule has 0 saturated heterocycles. The van der Waals surface area contributed by atoms with Crippen LogP contribution in [0.5, 0.6) is 0 Å². The monoisotopic (exact) mass is 361 g/mol. The van der Waals surface area contributed by atoms with Gasteiger partial charge in [0.1, 0.15) is 0 Å². The summed E-state index contributed by atoms with van der Waals surface area (Å²) < 4.78 is 0. The third-order valence-corrected chi connectivity index (χ3v) is 4.70. The fraction of sp³-hybridized carbons (Fsp3) is 0.250. The molecule has 0 spiro atoms. The van der Waals surface area contributed by atoms with Gasteiger partial charge in [0.25, 0.3) is 0 Å². The van der Waals surface area contributed by atoms with E-state index in [2.05, 4.69) is 12.2 Å². The summed E-state index contributed by atoms with van der Waals surface area (Å²) in [5, 5.41) is 5.70. The topological polar surface area (TPSA) is 12.0 Å². The van der Waals surface area contributed by atoms with Crippen LogP contribution >= 0.6 is 46.4 Å². The first kappa shape index (κ1) is 16.9. The van der Waals surface area contributed by atoms with Crippen molar-refractivity contribution in [3.05, 3.63) is 67.6 Å². The van der Waals surface area contributed by atoms with Gasteiger partial charge in [0.15, 0.2) is 0 Å². The first-order valence-electron chi connectivity index (χ1n) is 6.63. The summed E-state index contributed by atoms with van der Waals surface area (Å²) in [4.78, 5) is 0. The Morgan fingerprint density at radius 1 is 0.857 bits per heavy atom. The molecule has 0 heterocycles. The molecule has 2 aromatic rings. The molecular weight excluding hydrogens is 348 g/mol. The minimum Gasteiger partial charge on any atom is -0.310 e. The molecular formula is C16H15Cl4N. The zero-order valence-electron chi connectivity index (χ0n) is 11.5. The highest BCUT2D eigenvalue weighted by atomic mass is 35.5. The van der Waals surface area contributed by atoms with Gasteiger partial charge in [-0.15, -0.1) is 0 Å². The molecule has 2 aromatic carbocycles. The van der Waals surface area contributed by atoms with E-state index in [0.29, 0.717) is 20.1 Å². The number of halogens is 4. The Bertz CT molecular complexity index is 628. The molecule has 0 bridgehead atoms. The fourth-order valence-corrected chi connectivity index (χ4v) is 2.81. The molecule has 0 fully saturated rings. The number of nitrogens with one attached hydrogen (secondary N) is 1. The Hall–Kier alpha value is -0.440. The van der Waals surface area contributed by atoms with Crippen molar-refractivity contribution >= 4 is 46.4 Å². The first-order chi connectivity index (χ1) is 10.0. The molecule has 0 amide bonds. The predicted molar refractivity (Wildman–Crippen MR) is 93.0 cm³/mol. The lowest BCUT2D eigenvalue weighted by molar-refractivity contribution is 0.550. The van der Waals surface area contributed by atoms with Crippen LogP contribution in [0, 0.1) is 0 Å². The molecule has 2 rings (SSSR count). The fourth-order valence-electron chi connectivity index (χ4n) is 2.19. The van der Waals surface area contributed by atoms with E-state index >= 15 is 0 Å². The van der Waals surface area contributed by atoms with Crippen LogP contribution in [-0.4, -0.2) is 6.54 Å². The maximum atomic E-state index is 6.11. The molecule has 112 valence electrons. The summed E-state index contributed by atoms with van der Waals surface area (Å²) in [5.74, 6) is 0. The van der Waals surface area contributed by atoms with Crippen molar-refractivity contribution < 1.29 is 0 Å². The van der Waals surface area contributed by atoms with E-state index in [1.54, 1.807) is 0 Å². The number of hydrogen-bond donors (Lipinski definition) is 1. The summed E-state index contributed by atoms with van der Waals surface area (Å²) in [6.07, 6.45) is 0.794. The molecule has 0 aliphatic rings. The molecule has 1 atom stereocenters.